The van der Waals surface area contributed by atoms with E-state index in [2.05, 4.69) is 87.4 Å². The normalized spacial score (nSPS) is 17.1. The first kappa shape index (κ1) is 39.2. The Labute approximate surface area is 261 Å². The number of nitrogens with zero attached hydrogens (tertiary/aromatic N) is 1. The van der Waals surface area contributed by atoms with Gasteiger partial charge in [0.25, 0.3) is 0 Å². The third-order valence-corrected chi connectivity index (χ3v) is 6.84. The van der Waals surface area contributed by atoms with Crippen molar-refractivity contribution in [2.24, 2.45) is 0 Å². The molecule has 0 spiro atoms. The van der Waals surface area contributed by atoms with Crippen LogP contribution in [0.2, 0.25) is 0 Å². The van der Waals surface area contributed by atoms with E-state index in [0.717, 1.165) is 58.2 Å². The summed E-state index contributed by atoms with van der Waals surface area (Å²) in [5, 5.41) is 4.92. The first-order valence-corrected chi connectivity index (χ1v) is 15.6. The molecule has 0 bridgehead atoms. The van der Waals surface area contributed by atoms with Gasteiger partial charge in [-0.2, -0.15) is 6.20 Å². The fourth-order valence-electron chi connectivity index (χ4n) is 4.25. The van der Waals surface area contributed by atoms with Gasteiger partial charge in [0, 0.05) is 39.6 Å². The molecule has 1 aromatic rings. The van der Waals surface area contributed by atoms with Gasteiger partial charge in [-0.25, -0.2) is 0 Å². The number of hydrogen-bond donors (Lipinski definition) is 0. The molecule has 0 aliphatic carbocycles. The molecular weight excluding hydrogens is 489 g/mol. The molecule has 0 atom stereocenters. The maximum Gasteiger partial charge on any atom is 1.00 e. The summed E-state index contributed by atoms with van der Waals surface area (Å²) in [5.41, 5.74) is 5.53. The van der Waals surface area contributed by atoms with Gasteiger partial charge in [0.2, 0.25) is 0 Å². The summed E-state index contributed by atoms with van der Waals surface area (Å²) in [6.45, 7) is 28.8. The van der Waals surface area contributed by atoms with Crippen molar-refractivity contribution in [3.05, 3.63) is 46.4 Å². The Hall–Kier alpha value is -0.763. The minimum atomic E-state index is 0. The summed E-state index contributed by atoms with van der Waals surface area (Å²) in [7, 11) is 0. The Balaban J connectivity index is 0.000000752. The molecule has 0 N–H and O–H groups in total. The van der Waals surface area contributed by atoms with Crippen LogP contribution in [0, 0.1) is 0 Å². The molecule has 3 saturated heterocycles. The first-order valence-electron chi connectivity index (χ1n) is 15.6. The maximum absolute atomic E-state index is 4.94. The van der Waals surface area contributed by atoms with Crippen molar-refractivity contribution in [2.45, 2.75) is 137 Å². The molecule has 0 unspecified atom stereocenters. The van der Waals surface area contributed by atoms with Crippen molar-refractivity contribution in [1.82, 2.24) is 0 Å². The van der Waals surface area contributed by atoms with Crippen LogP contribution in [0.5, 0.6) is 0 Å². The van der Waals surface area contributed by atoms with Crippen LogP contribution < -0.4 is 18.9 Å². The largest absolute Gasteiger partial charge is 1.00 e. The fraction of sp³-hybridized carbons (Fsp3) is 0.771. The zero-order chi connectivity index (χ0) is 29.4. The summed E-state index contributed by atoms with van der Waals surface area (Å²) in [6, 6.07) is 4.75. The predicted octanol–water partition coefficient (Wildman–Crippen LogP) is 7.29. The number of rotatable bonds is 4. The number of benzene rings is 1. The van der Waals surface area contributed by atoms with E-state index >= 15 is 0 Å². The molecule has 3 aliphatic rings. The molecule has 0 aromatic heterocycles. The molecule has 0 saturated carbocycles. The second-order valence-electron chi connectivity index (χ2n) is 13.9. The van der Waals surface area contributed by atoms with Crippen molar-refractivity contribution in [2.75, 3.05) is 39.6 Å². The Bertz CT molecular complexity index is 722. The summed E-state index contributed by atoms with van der Waals surface area (Å²) in [4.78, 5) is 0. The molecule has 3 heterocycles. The standard InChI is InChI=1S/C23H38N.3C4H8O.Li/c1-11-12-13-14-24-20-18(22(5,6)7)15-17(21(2,3)4)16-19(20)23(8,9)10;3*1-2-4-5-3-1;/h13-16H,11-12H2,1-10H3;3*1-4H2;/q-1;;;;+1/b14-13+;;;;. The third-order valence-electron chi connectivity index (χ3n) is 6.84. The van der Waals surface area contributed by atoms with E-state index < -0.39 is 0 Å². The Morgan fingerprint density at radius 2 is 0.975 bits per heavy atom. The van der Waals surface area contributed by atoms with Crippen LogP contribution in [0.1, 0.15) is 137 Å². The first-order chi connectivity index (χ1) is 18.3. The summed E-state index contributed by atoms with van der Waals surface area (Å²) < 4.78 is 14.8. The monoisotopic (exact) mass is 551 g/mol. The van der Waals surface area contributed by atoms with E-state index in [1.54, 1.807) is 0 Å². The molecular formula is C35H62LiNO3. The van der Waals surface area contributed by atoms with Crippen molar-refractivity contribution in [3.63, 3.8) is 0 Å². The van der Waals surface area contributed by atoms with Crippen LogP contribution in [0.15, 0.2) is 24.4 Å². The maximum atomic E-state index is 4.94. The van der Waals surface area contributed by atoms with Gasteiger partial charge in [-0.05, 0) is 66.8 Å². The van der Waals surface area contributed by atoms with Crippen LogP contribution in [-0.4, -0.2) is 39.6 Å². The number of ether oxygens (including phenoxy) is 3. The minimum Gasteiger partial charge on any atom is -0.664 e. The topological polar surface area (TPSA) is 41.8 Å². The molecule has 0 radical (unpaired) electrons. The third kappa shape index (κ3) is 16.6. The zero-order valence-corrected chi connectivity index (χ0v) is 28.4. The zero-order valence-electron chi connectivity index (χ0n) is 28.4. The molecule has 4 nitrogen and oxygen atoms in total. The van der Waals surface area contributed by atoms with E-state index in [0.29, 0.717) is 0 Å². The second-order valence-corrected chi connectivity index (χ2v) is 13.9. The predicted molar refractivity (Wildman–Crippen MR) is 170 cm³/mol. The molecule has 3 fully saturated rings. The average molecular weight is 552 g/mol. The minimum absolute atomic E-state index is 0. The summed E-state index contributed by atoms with van der Waals surface area (Å²) in [6.07, 6.45) is 14.1. The van der Waals surface area contributed by atoms with Gasteiger partial charge < -0.3 is 19.5 Å². The van der Waals surface area contributed by atoms with Crippen molar-refractivity contribution < 1.29 is 33.1 Å². The van der Waals surface area contributed by atoms with Gasteiger partial charge in [-0.1, -0.05) is 98.9 Å². The number of allylic oxidation sites excluding steroid dienone is 1. The second kappa shape index (κ2) is 20.2. The quantitative estimate of drug-likeness (QED) is 0.369. The summed E-state index contributed by atoms with van der Waals surface area (Å²) >= 11 is 0. The van der Waals surface area contributed by atoms with Crippen molar-refractivity contribution in [3.8, 4) is 0 Å². The molecule has 5 heteroatoms. The molecule has 40 heavy (non-hydrogen) atoms. The smallest absolute Gasteiger partial charge is 0.664 e. The SMILES string of the molecule is C1CCOC1.C1CCOC1.C1CCOC1.CCC/C=C/[N-]c1c(C(C)(C)C)cc(C(C)(C)C)cc1C(C)(C)C.[Li+]. The molecule has 3 aliphatic heterocycles. The van der Waals surface area contributed by atoms with Gasteiger partial charge in [0.1, 0.15) is 0 Å². The van der Waals surface area contributed by atoms with E-state index in [1.807, 2.05) is 6.20 Å². The van der Waals surface area contributed by atoms with Crippen LogP contribution in [0.25, 0.3) is 5.32 Å². The van der Waals surface area contributed by atoms with E-state index in [1.165, 1.54) is 55.2 Å². The van der Waals surface area contributed by atoms with Gasteiger partial charge in [-0.3, -0.25) is 0 Å². The van der Waals surface area contributed by atoms with E-state index in [4.69, 9.17) is 19.5 Å². The van der Waals surface area contributed by atoms with E-state index in [-0.39, 0.29) is 35.1 Å². The van der Waals surface area contributed by atoms with E-state index in [9.17, 15) is 0 Å². The van der Waals surface area contributed by atoms with Crippen LogP contribution >= 0.6 is 0 Å². The van der Waals surface area contributed by atoms with Crippen LogP contribution in [0.4, 0.5) is 5.69 Å². The summed E-state index contributed by atoms with van der Waals surface area (Å²) in [5.74, 6) is 0. The Kier molecular flexibility index (Phi) is 19.8. The molecule has 4 rings (SSSR count). The van der Waals surface area contributed by atoms with Crippen LogP contribution in [0.3, 0.4) is 0 Å². The van der Waals surface area contributed by atoms with Crippen molar-refractivity contribution in [1.29, 1.82) is 0 Å². The molecule has 1 aromatic carbocycles. The molecule has 226 valence electrons. The van der Waals surface area contributed by atoms with Crippen molar-refractivity contribution >= 4 is 5.69 Å². The number of hydrogen-bond acceptors (Lipinski definition) is 3. The Morgan fingerprint density at radius 1 is 0.625 bits per heavy atom. The molecule has 0 amide bonds. The van der Waals surface area contributed by atoms with Gasteiger partial charge in [-0.15, -0.1) is 11.8 Å². The van der Waals surface area contributed by atoms with Gasteiger partial charge in [0.05, 0.1) is 0 Å². The Morgan fingerprint density at radius 3 is 1.20 bits per heavy atom. The number of unbranched alkanes of at least 4 members (excludes halogenated alkanes) is 1. The van der Waals surface area contributed by atoms with Gasteiger partial charge in [0.15, 0.2) is 0 Å². The van der Waals surface area contributed by atoms with Gasteiger partial charge >= 0.3 is 18.9 Å². The average Bonchev–Trinajstić information content (AvgIpc) is 3.67. The van der Waals surface area contributed by atoms with Crippen LogP contribution in [-0.2, 0) is 30.5 Å². The fourth-order valence-corrected chi connectivity index (χ4v) is 4.25.